The second-order valence-electron chi connectivity index (χ2n) is 11.6. The molecule has 2 aromatic heterocycles. The summed E-state index contributed by atoms with van der Waals surface area (Å²) in [5.74, 6) is 1.54. The number of hydrogen-bond donors (Lipinski definition) is 0. The molecule has 9 rings (SSSR count). The summed E-state index contributed by atoms with van der Waals surface area (Å²) in [5, 5.41) is 1.31. The zero-order valence-corrected chi connectivity index (χ0v) is 25.2. The van der Waals surface area contributed by atoms with Crippen molar-refractivity contribution in [2.75, 3.05) is 0 Å². The fourth-order valence-electron chi connectivity index (χ4n) is 6.63. The number of para-hydroxylation sites is 1. The van der Waals surface area contributed by atoms with E-state index in [0.29, 0.717) is 28.0 Å². The van der Waals surface area contributed by atoms with E-state index in [0.717, 1.165) is 49.7 Å². The van der Waals surface area contributed by atoms with Crippen LogP contribution in [0.1, 0.15) is 11.5 Å². The molecule has 0 spiro atoms. The van der Waals surface area contributed by atoms with Gasteiger partial charge in [-0.1, -0.05) is 115 Å². The summed E-state index contributed by atoms with van der Waals surface area (Å²) < 4.78 is 33.3. The maximum absolute atomic E-state index is 13.4. The minimum atomic E-state index is -3.46. The summed E-state index contributed by atoms with van der Waals surface area (Å²) >= 11 is 0. The van der Waals surface area contributed by atoms with Crippen molar-refractivity contribution in [1.29, 1.82) is 0 Å². The Kier molecular flexibility index (Phi) is 5.92. The number of sulfone groups is 1. The number of fused-ring (bicyclic) bond motifs is 6. The van der Waals surface area contributed by atoms with E-state index in [4.69, 9.17) is 19.4 Å². The molecule has 6 nitrogen and oxygen atoms in total. The summed E-state index contributed by atoms with van der Waals surface area (Å²) in [7, 11) is -3.46. The van der Waals surface area contributed by atoms with Gasteiger partial charge in [-0.2, -0.15) is 0 Å². The van der Waals surface area contributed by atoms with Crippen LogP contribution in [-0.2, 0) is 9.84 Å². The highest BCUT2D eigenvalue weighted by molar-refractivity contribution is 7.92. The van der Waals surface area contributed by atoms with E-state index in [1.54, 1.807) is 6.08 Å². The Morgan fingerprint density at radius 2 is 1.22 bits per heavy atom. The van der Waals surface area contributed by atoms with Gasteiger partial charge in [0.05, 0.1) is 15.7 Å². The minimum Gasteiger partial charge on any atom is -0.455 e. The lowest BCUT2D eigenvalue weighted by Gasteiger charge is -2.14. The molecule has 220 valence electrons. The Balaban J connectivity index is 1.18. The van der Waals surface area contributed by atoms with Crippen LogP contribution < -0.4 is 0 Å². The van der Waals surface area contributed by atoms with Crippen LogP contribution in [0.2, 0.25) is 0 Å². The average molecular weight is 616 g/mol. The van der Waals surface area contributed by atoms with Gasteiger partial charge in [0.25, 0.3) is 0 Å². The van der Waals surface area contributed by atoms with Gasteiger partial charge in [-0.3, -0.25) is 0 Å². The van der Waals surface area contributed by atoms with Crippen LogP contribution in [0.3, 0.4) is 0 Å². The summed E-state index contributed by atoms with van der Waals surface area (Å²) in [6.07, 6.45) is 7.51. The van der Waals surface area contributed by atoms with Crippen molar-refractivity contribution >= 4 is 31.8 Å². The van der Waals surface area contributed by atoms with Crippen LogP contribution in [0.4, 0.5) is 0 Å². The highest BCUT2D eigenvalue weighted by Crippen LogP contribution is 2.45. The molecule has 7 heteroatoms. The maximum Gasteiger partial charge on any atom is 0.186 e. The predicted octanol–water partition coefficient (Wildman–Crippen LogP) is 8.80. The second kappa shape index (κ2) is 10.2. The number of furan rings is 1. The third-order valence-electron chi connectivity index (χ3n) is 8.89. The van der Waals surface area contributed by atoms with Crippen LogP contribution in [-0.4, -0.2) is 28.6 Å². The van der Waals surface area contributed by atoms with Crippen molar-refractivity contribution in [3.05, 3.63) is 145 Å². The highest BCUT2D eigenvalue weighted by atomic mass is 32.2. The van der Waals surface area contributed by atoms with Crippen LogP contribution in [0.25, 0.3) is 67.2 Å². The quantitative estimate of drug-likeness (QED) is 0.197. The first-order chi connectivity index (χ1) is 22.5. The van der Waals surface area contributed by atoms with Gasteiger partial charge in [-0.05, 0) is 41.0 Å². The van der Waals surface area contributed by atoms with Gasteiger partial charge in [-0.15, -0.1) is 0 Å². The number of nitrogens with zero attached hydrogens (tertiary/aromatic N) is 3. The van der Waals surface area contributed by atoms with Crippen molar-refractivity contribution in [3.8, 4) is 45.3 Å². The first-order valence-electron chi connectivity index (χ1n) is 15.1. The van der Waals surface area contributed by atoms with Crippen molar-refractivity contribution in [2.24, 2.45) is 0 Å². The van der Waals surface area contributed by atoms with E-state index < -0.39 is 15.1 Å². The van der Waals surface area contributed by atoms with E-state index in [-0.39, 0.29) is 5.92 Å². The van der Waals surface area contributed by atoms with Gasteiger partial charge < -0.3 is 4.42 Å². The molecule has 1 aliphatic heterocycles. The zero-order valence-electron chi connectivity index (χ0n) is 24.4. The third-order valence-corrected chi connectivity index (χ3v) is 11.0. The molecule has 0 bridgehead atoms. The maximum atomic E-state index is 13.4. The standard InChI is InChI=1S/C39H25N3O3S/c43-46(44)34-17-8-7-14-28(34)29-20-18-27(23-35(29)46)26-19-21-33-32(22-26)30-15-9-16-31(36(30)45-33)39-41-37(24-10-3-1-4-11-24)40-38(42-39)25-12-5-2-6-13-25/h1-23,28,34H. The molecule has 2 atom stereocenters. The molecule has 0 amide bonds. The van der Waals surface area contributed by atoms with Gasteiger partial charge in [0.2, 0.25) is 0 Å². The second-order valence-corrected chi connectivity index (χ2v) is 13.7. The molecule has 0 radical (unpaired) electrons. The largest absolute Gasteiger partial charge is 0.455 e. The van der Waals surface area contributed by atoms with Crippen molar-refractivity contribution in [3.63, 3.8) is 0 Å². The molecule has 0 saturated heterocycles. The summed E-state index contributed by atoms with van der Waals surface area (Å²) in [5.41, 5.74) is 6.58. The monoisotopic (exact) mass is 615 g/mol. The first kappa shape index (κ1) is 26.7. The lowest BCUT2D eigenvalue weighted by atomic mass is 9.91. The van der Waals surface area contributed by atoms with Crippen molar-refractivity contribution < 1.29 is 12.8 Å². The van der Waals surface area contributed by atoms with Gasteiger partial charge >= 0.3 is 0 Å². The molecule has 0 fully saturated rings. The molecule has 0 saturated carbocycles. The Morgan fingerprint density at radius 1 is 0.565 bits per heavy atom. The number of allylic oxidation sites excluding steroid dienone is 3. The molecule has 2 aliphatic rings. The zero-order chi connectivity index (χ0) is 30.8. The van der Waals surface area contributed by atoms with Crippen LogP contribution in [0.15, 0.2) is 149 Å². The van der Waals surface area contributed by atoms with E-state index in [1.807, 2.05) is 127 Å². The number of hydrogen-bond acceptors (Lipinski definition) is 6. The van der Waals surface area contributed by atoms with Gasteiger partial charge in [-0.25, -0.2) is 23.4 Å². The van der Waals surface area contributed by atoms with E-state index in [1.165, 1.54) is 0 Å². The fourth-order valence-corrected chi connectivity index (χ4v) is 8.67. The smallest absolute Gasteiger partial charge is 0.186 e. The Labute approximate surface area is 265 Å². The topological polar surface area (TPSA) is 86.0 Å². The summed E-state index contributed by atoms with van der Waals surface area (Å²) in [6.45, 7) is 0. The van der Waals surface area contributed by atoms with Crippen molar-refractivity contribution in [2.45, 2.75) is 16.1 Å². The molecular weight excluding hydrogens is 591 g/mol. The third kappa shape index (κ3) is 4.16. The summed E-state index contributed by atoms with van der Waals surface area (Å²) in [4.78, 5) is 15.1. The molecular formula is C39H25N3O3S. The van der Waals surface area contributed by atoms with Gasteiger partial charge in [0.15, 0.2) is 27.3 Å². The molecule has 2 unspecified atom stereocenters. The molecule has 46 heavy (non-hydrogen) atoms. The lowest BCUT2D eigenvalue weighted by molar-refractivity contribution is 0.592. The van der Waals surface area contributed by atoms with E-state index in [9.17, 15) is 8.42 Å². The van der Waals surface area contributed by atoms with Crippen LogP contribution >= 0.6 is 0 Å². The van der Waals surface area contributed by atoms with E-state index in [2.05, 4.69) is 6.07 Å². The number of benzene rings is 5. The molecule has 0 N–H and O–H groups in total. The van der Waals surface area contributed by atoms with Crippen molar-refractivity contribution in [1.82, 2.24) is 15.0 Å². The Morgan fingerprint density at radius 3 is 1.96 bits per heavy atom. The SMILES string of the molecule is O=S1(=O)c2cc(-c3ccc4oc5c(-c6nc(-c7ccccc7)nc(-c7ccccc7)n6)cccc5c4c3)ccc2C2C=CC=CC21. The Hall–Kier alpha value is -5.66. The first-order valence-corrected chi connectivity index (χ1v) is 16.6. The molecule has 3 heterocycles. The molecule has 7 aromatic rings. The van der Waals surface area contributed by atoms with Gasteiger partial charge in [0.1, 0.15) is 11.2 Å². The number of rotatable bonds is 4. The Bertz CT molecular complexity index is 2440. The van der Waals surface area contributed by atoms with E-state index >= 15 is 0 Å². The van der Waals surface area contributed by atoms with Gasteiger partial charge in [0, 0.05) is 27.8 Å². The predicted molar refractivity (Wildman–Crippen MR) is 181 cm³/mol. The molecule has 1 aliphatic carbocycles. The fraction of sp³-hybridized carbons (Fsp3) is 0.0513. The number of aromatic nitrogens is 3. The van der Waals surface area contributed by atoms with Crippen LogP contribution in [0, 0.1) is 0 Å². The lowest BCUT2D eigenvalue weighted by Crippen LogP contribution is -2.18. The highest BCUT2D eigenvalue weighted by Gasteiger charge is 2.43. The normalized spacial score (nSPS) is 17.7. The summed E-state index contributed by atoms with van der Waals surface area (Å²) in [6, 6.07) is 37.5. The molecule has 5 aromatic carbocycles. The average Bonchev–Trinajstić information content (AvgIpc) is 3.60. The van der Waals surface area contributed by atoms with Crippen LogP contribution in [0.5, 0.6) is 0 Å². The minimum absolute atomic E-state index is 0.141.